The van der Waals surface area contributed by atoms with Crippen LogP contribution in [0.2, 0.25) is 0 Å². The van der Waals surface area contributed by atoms with Gasteiger partial charge in [0.15, 0.2) is 5.96 Å². The first-order valence-corrected chi connectivity index (χ1v) is 6.54. The van der Waals surface area contributed by atoms with Crippen LogP contribution in [0.25, 0.3) is 0 Å². The second kappa shape index (κ2) is 6.74. The van der Waals surface area contributed by atoms with Crippen LogP contribution in [-0.4, -0.2) is 13.1 Å². The average Bonchev–Trinajstić information content (AvgIpc) is 2.48. The Bertz CT molecular complexity index is 656. The Balaban J connectivity index is 2.01. The SMILES string of the molecule is COc1cccc(NC(N)=NCc2ccc(F)c(C)c2)c1. The third kappa shape index (κ3) is 4.21. The number of guanidine groups is 1. The Labute approximate surface area is 123 Å². The number of hydrogen-bond donors (Lipinski definition) is 2. The van der Waals surface area contributed by atoms with Gasteiger partial charge in [-0.05, 0) is 36.2 Å². The third-order valence-corrected chi connectivity index (χ3v) is 3.00. The van der Waals surface area contributed by atoms with Crippen LogP contribution in [-0.2, 0) is 6.54 Å². The largest absolute Gasteiger partial charge is 0.497 e. The Morgan fingerprint density at radius 3 is 2.81 bits per heavy atom. The molecule has 110 valence electrons. The molecule has 0 bridgehead atoms. The topological polar surface area (TPSA) is 59.6 Å². The van der Waals surface area contributed by atoms with Crippen LogP contribution in [0.15, 0.2) is 47.5 Å². The van der Waals surface area contributed by atoms with Crippen LogP contribution in [0.4, 0.5) is 10.1 Å². The zero-order valence-electron chi connectivity index (χ0n) is 12.1. The number of rotatable bonds is 4. The number of ether oxygens (including phenoxy) is 1. The molecule has 0 heterocycles. The molecule has 2 aromatic rings. The molecule has 0 aliphatic heterocycles. The summed E-state index contributed by atoms with van der Waals surface area (Å²) in [6, 6.07) is 12.3. The van der Waals surface area contributed by atoms with Crippen LogP contribution in [0.5, 0.6) is 5.75 Å². The molecule has 0 atom stereocenters. The van der Waals surface area contributed by atoms with E-state index in [1.54, 1.807) is 26.2 Å². The summed E-state index contributed by atoms with van der Waals surface area (Å²) in [4.78, 5) is 4.24. The molecule has 0 spiro atoms. The summed E-state index contributed by atoms with van der Waals surface area (Å²) in [6.45, 7) is 2.12. The smallest absolute Gasteiger partial charge is 0.193 e. The van der Waals surface area contributed by atoms with Crippen molar-refractivity contribution in [3.05, 3.63) is 59.4 Å². The van der Waals surface area contributed by atoms with Crippen molar-refractivity contribution in [3.8, 4) is 5.75 Å². The van der Waals surface area contributed by atoms with E-state index < -0.39 is 0 Å². The van der Waals surface area contributed by atoms with Crippen molar-refractivity contribution in [2.45, 2.75) is 13.5 Å². The van der Waals surface area contributed by atoms with E-state index in [4.69, 9.17) is 10.5 Å². The molecule has 5 heteroatoms. The quantitative estimate of drug-likeness (QED) is 0.671. The van der Waals surface area contributed by atoms with Gasteiger partial charge in [-0.25, -0.2) is 9.38 Å². The van der Waals surface area contributed by atoms with Crippen molar-refractivity contribution in [1.29, 1.82) is 0 Å². The first-order valence-electron chi connectivity index (χ1n) is 6.54. The summed E-state index contributed by atoms with van der Waals surface area (Å²) in [6.07, 6.45) is 0. The molecule has 4 nitrogen and oxygen atoms in total. The maximum absolute atomic E-state index is 13.2. The van der Waals surface area contributed by atoms with Gasteiger partial charge in [0.25, 0.3) is 0 Å². The highest BCUT2D eigenvalue weighted by molar-refractivity contribution is 5.92. The van der Waals surface area contributed by atoms with Crippen molar-refractivity contribution < 1.29 is 9.13 Å². The maximum Gasteiger partial charge on any atom is 0.193 e. The van der Waals surface area contributed by atoms with Crippen LogP contribution in [0, 0.1) is 12.7 Å². The van der Waals surface area contributed by atoms with Crippen molar-refractivity contribution in [1.82, 2.24) is 0 Å². The Kier molecular flexibility index (Phi) is 4.77. The van der Waals surface area contributed by atoms with E-state index in [-0.39, 0.29) is 5.82 Å². The fourth-order valence-corrected chi connectivity index (χ4v) is 1.87. The molecule has 0 fully saturated rings. The minimum Gasteiger partial charge on any atom is -0.497 e. The summed E-state index contributed by atoms with van der Waals surface area (Å²) in [5.74, 6) is 0.817. The lowest BCUT2D eigenvalue weighted by molar-refractivity contribution is 0.415. The molecule has 3 N–H and O–H groups in total. The van der Waals surface area contributed by atoms with Crippen molar-refractivity contribution >= 4 is 11.6 Å². The summed E-state index contributed by atoms with van der Waals surface area (Å²) in [7, 11) is 1.60. The van der Waals surface area contributed by atoms with Crippen LogP contribution >= 0.6 is 0 Å². The van der Waals surface area contributed by atoms with Gasteiger partial charge in [-0.1, -0.05) is 18.2 Å². The van der Waals surface area contributed by atoms with E-state index in [0.717, 1.165) is 17.0 Å². The molecule has 0 amide bonds. The Morgan fingerprint density at radius 1 is 1.29 bits per heavy atom. The maximum atomic E-state index is 13.2. The number of halogens is 1. The van der Waals surface area contributed by atoms with Gasteiger partial charge < -0.3 is 15.8 Å². The standard InChI is InChI=1S/C16H18FN3O/c1-11-8-12(6-7-15(11)17)10-19-16(18)20-13-4-3-5-14(9-13)21-2/h3-9H,10H2,1-2H3,(H3,18,19,20). The summed E-state index contributed by atoms with van der Waals surface area (Å²) in [5.41, 5.74) is 8.14. The minimum absolute atomic E-state index is 0.217. The predicted molar refractivity (Wildman–Crippen MR) is 83.1 cm³/mol. The number of aryl methyl sites for hydroxylation is 1. The van der Waals surface area contributed by atoms with Gasteiger partial charge in [0.1, 0.15) is 11.6 Å². The lowest BCUT2D eigenvalue weighted by atomic mass is 10.1. The molecule has 2 rings (SSSR count). The van der Waals surface area contributed by atoms with Crippen LogP contribution in [0.3, 0.4) is 0 Å². The predicted octanol–water partition coefficient (Wildman–Crippen LogP) is 3.07. The number of benzene rings is 2. The lowest BCUT2D eigenvalue weighted by Crippen LogP contribution is -2.22. The van der Waals surface area contributed by atoms with E-state index in [1.807, 2.05) is 24.3 Å². The first kappa shape index (κ1) is 14.8. The number of nitrogens with zero attached hydrogens (tertiary/aromatic N) is 1. The number of hydrogen-bond acceptors (Lipinski definition) is 2. The highest BCUT2D eigenvalue weighted by atomic mass is 19.1. The molecule has 0 aliphatic carbocycles. The lowest BCUT2D eigenvalue weighted by Gasteiger charge is -2.07. The zero-order valence-corrected chi connectivity index (χ0v) is 12.1. The van der Waals surface area contributed by atoms with Crippen LogP contribution in [0.1, 0.15) is 11.1 Å². The molecule has 2 aromatic carbocycles. The van der Waals surface area contributed by atoms with Gasteiger partial charge in [0.05, 0.1) is 13.7 Å². The third-order valence-electron chi connectivity index (χ3n) is 3.00. The van der Waals surface area contributed by atoms with Crippen molar-refractivity contribution in [2.75, 3.05) is 12.4 Å². The molecule has 21 heavy (non-hydrogen) atoms. The minimum atomic E-state index is -0.217. The number of nitrogens with two attached hydrogens (primary N) is 1. The molecule has 0 saturated heterocycles. The van der Waals surface area contributed by atoms with Gasteiger partial charge in [-0.2, -0.15) is 0 Å². The van der Waals surface area contributed by atoms with Gasteiger partial charge in [-0.15, -0.1) is 0 Å². The fourth-order valence-electron chi connectivity index (χ4n) is 1.87. The van der Waals surface area contributed by atoms with Gasteiger partial charge in [0.2, 0.25) is 0 Å². The van der Waals surface area contributed by atoms with E-state index >= 15 is 0 Å². The molecule has 0 unspecified atom stereocenters. The molecular formula is C16H18FN3O. The Hall–Kier alpha value is -2.56. The second-order valence-electron chi connectivity index (χ2n) is 4.64. The van der Waals surface area contributed by atoms with Gasteiger partial charge in [-0.3, -0.25) is 0 Å². The normalized spacial score (nSPS) is 11.3. The van der Waals surface area contributed by atoms with Gasteiger partial charge in [0, 0.05) is 11.8 Å². The fraction of sp³-hybridized carbons (Fsp3) is 0.188. The number of methoxy groups -OCH3 is 1. The highest BCUT2D eigenvalue weighted by Crippen LogP contribution is 2.16. The van der Waals surface area contributed by atoms with Crippen molar-refractivity contribution in [3.63, 3.8) is 0 Å². The summed E-state index contributed by atoms with van der Waals surface area (Å²) < 4.78 is 18.3. The van der Waals surface area contributed by atoms with E-state index in [0.29, 0.717) is 18.1 Å². The second-order valence-corrected chi connectivity index (χ2v) is 4.64. The molecule has 0 saturated carbocycles. The van der Waals surface area contributed by atoms with Crippen molar-refractivity contribution in [2.24, 2.45) is 10.7 Å². The average molecular weight is 287 g/mol. The number of nitrogens with one attached hydrogen (secondary N) is 1. The van der Waals surface area contributed by atoms with E-state index in [1.165, 1.54) is 6.07 Å². The molecular weight excluding hydrogens is 269 g/mol. The molecule has 0 aliphatic rings. The van der Waals surface area contributed by atoms with Crippen LogP contribution < -0.4 is 15.8 Å². The Morgan fingerprint density at radius 2 is 2.10 bits per heavy atom. The molecule has 0 radical (unpaired) electrons. The summed E-state index contributed by atoms with van der Waals surface area (Å²) in [5, 5.41) is 2.99. The monoisotopic (exact) mass is 287 g/mol. The highest BCUT2D eigenvalue weighted by Gasteiger charge is 2.00. The van der Waals surface area contributed by atoms with E-state index in [9.17, 15) is 4.39 Å². The summed E-state index contributed by atoms with van der Waals surface area (Å²) >= 11 is 0. The van der Waals surface area contributed by atoms with Gasteiger partial charge >= 0.3 is 0 Å². The number of aliphatic imine (C=N–C) groups is 1. The zero-order chi connectivity index (χ0) is 15.2. The molecule has 0 aromatic heterocycles. The van der Waals surface area contributed by atoms with E-state index in [2.05, 4.69) is 10.3 Å². The number of anilines is 1. The first-order chi connectivity index (χ1) is 10.1.